The van der Waals surface area contributed by atoms with Gasteiger partial charge in [-0.2, -0.15) is 0 Å². The van der Waals surface area contributed by atoms with Crippen molar-refractivity contribution < 1.29 is 19.6 Å². The van der Waals surface area contributed by atoms with Gasteiger partial charge in [-0.3, -0.25) is 0 Å². The van der Waals surface area contributed by atoms with E-state index < -0.39 is 13.1 Å². The first-order chi connectivity index (χ1) is 10.6. The van der Waals surface area contributed by atoms with E-state index in [-0.39, 0.29) is 17.1 Å². The lowest BCUT2D eigenvalue weighted by atomic mass is 9.68. The van der Waals surface area contributed by atoms with Crippen LogP contribution in [-0.4, -0.2) is 43.7 Å². The maximum absolute atomic E-state index is 11.2. The molecule has 0 spiro atoms. The van der Waals surface area contributed by atoms with Gasteiger partial charge in [-0.25, -0.2) is 4.79 Å². The lowest BCUT2D eigenvalue weighted by Gasteiger charge is -2.27. The van der Waals surface area contributed by atoms with Crippen LogP contribution in [0.4, 0.5) is 0 Å². The quantitative estimate of drug-likeness (QED) is 0.643. The molecule has 22 heavy (non-hydrogen) atoms. The fourth-order valence-electron chi connectivity index (χ4n) is 2.38. The van der Waals surface area contributed by atoms with Gasteiger partial charge in [-0.1, -0.05) is 23.9 Å². The van der Waals surface area contributed by atoms with Gasteiger partial charge in [0.25, 0.3) is 0 Å². The number of aromatic nitrogens is 3. The van der Waals surface area contributed by atoms with E-state index in [0.717, 1.165) is 10.7 Å². The normalized spacial score (nSPS) is 17.0. The third-order valence-corrected chi connectivity index (χ3v) is 4.77. The molecule has 7 nitrogen and oxygen atoms in total. The van der Waals surface area contributed by atoms with E-state index in [1.807, 2.05) is 13.1 Å². The van der Waals surface area contributed by atoms with Crippen molar-refractivity contribution in [1.82, 2.24) is 14.8 Å². The Morgan fingerprint density at radius 3 is 3.09 bits per heavy atom. The minimum atomic E-state index is -1.06. The summed E-state index contributed by atoms with van der Waals surface area (Å²) in [5.41, 5.74) is 0.879. The van der Waals surface area contributed by atoms with Gasteiger partial charge in [0.05, 0.1) is 5.56 Å². The van der Waals surface area contributed by atoms with Crippen LogP contribution >= 0.6 is 11.8 Å². The standard InChI is InChI=1S/C13H14BN3O4S/c1-17-7-15-16-13(17)22-6-9-5-8-3-2-4-10(12(18)19)11(8)21-14(9)20/h2-4,7,9,20H,5-6H2,1H3,(H,18,19)/t9-/m1/s1. The molecule has 3 rings (SSSR count). The molecule has 0 saturated heterocycles. The number of aryl methyl sites for hydroxylation is 1. The van der Waals surface area contributed by atoms with E-state index in [1.54, 1.807) is 17.0 Å². The molecule has 2 heterocycles. The van der Waals surface area contributed by atoms with E-state index in [2.05, 4.69) is 10.2 Å². The van der Waals surface area contributed by atoms with E-state index in [1.165, 1.54) is 17.8 Å². The summed E-state index contributed by atoms with van der Waals surface area (Å²) < 4.78 is 7.26. The summed E-state index contributed by atoms with van der Waals surface area (Å²) in [7, 11) is 0.818. The van der Waals surface area contributed by atoms with Crippen molar-refractivity contribution in [2.75, 3.05) is 5.75 Å². The van der Waals surface area contributed by atoms with Crippen molar-refractivity contribution in [3.63, 3.8) is 0 Å². The maximum atomic E-state index is 11.2. The van der Waals surface area contributed by atoms with Gasteiger partial charge in [-0.05, 0) is 18.1 Å². The largest absolute Gasteiger partial charge is 0.535 e. The van der Waals surface area contributed by atoms with E-state index >= 15 is 0 Å². The summed E-state index contributed by atoms with van der Waals surface area (Å²) in [6, 6.07) is 4.99. The van der Waals surface area contributed by atoms with Gasteiger partial charge in [0.15, 0.2) is 5.16 Å². The number of carboxylic acid groups (broad SMARTS) is 1. The predicted molar refractivity (Wildman–Crippen MR) is 81.2 cm³/mol. The Bertz CT molecular complexity index is 708. The number of carbonyl (C=O) groups is 1. The van der Waals surface area contributed by atoms with Crippen LogP contribution in [0.15, 0.2) is 29.7 Å². The molecular weight excluding hydrogens is 305 g/mol. The molecule has 2 N–H and O–H groups in total. The molecule has 0 saturated carbocycles. The van der Waals surface area contributed by atoms with Gasteiger partial charge in [0.1, 0.15) is 12.1 Å². The number of benzene rings is 1. The van der Waals surface area contributed by atoms with Crippen LogP contribution in [0.25, 0.3) is 0 Å². The summed E-state index contributed by atoms with van der Waals surface area (Å²) >= 11 is 1.48. The molecule has 9 heteroatoms. The number of hydrogen-bond acceptors (Lipinski definition) is 6. The van der Waals surface area contributed by atoms with E-state index in [9.17, 15) is 9.82 Å². The number of para-hydroxylation sites is 1. The van der Waals surface area contributed by atoms with Gasteiger partial charge < -0.3 is 19.4 Å². The highest BCUT2D eigenvalue weighted by Crippen LogP contribution is 2.36. The Morgan fingerprint density at radius 2 is 2.41 bits per heavy atom. The van der Waals surface area contributed by atoms with Gasteiger partial charge in [-0.15, -0.1) is 10.2 Å². The molecule has 114 valence electrons. The Hall–Kier alpha value is -2.00. The fourth-order valence-corrected chi connectivity index (χ4v) is 3.38. The van der Waals surface area contributed by atoms with Crippen LogP contribution in [0.5, 0.6) is 5.75 Å². The number of aromatic carboxylic acids is 1. The highest BCUT2D eigenvalue weighted by molar-refractivity contribution is 7.99. The van der Waals surface area contributed by atoms with Crippen molar-refractivity contribution in [1.29, 1.82) is 0 Å². The molecule has 1 aliphatic heterocycles. The predicted octanol–water partition coefficient (Wildman–Crippen LogP) is 1.09. The van der Waals surface area contributed by atoms with Crippen LogP contribution in [0.1, 0.15) is 15.9 Å². The molecule has 0 unspecified atom stereocenters. The van der Waals surface area contributed by atoms with Crippen LogP contribution in [-0.2, 0) is 13.5 Å². The van der Waals surface area contributed by atoms with Crippen LogP contribution < -0.4 is 4.65 Å². The van der Waals surface area contributed by atoms with Gasteiger partial charge >= 0.3 is 13.1 Å². The summed E-state index contributed by atoms with van der Waals surface area (Å²) in [6.07, 6.45) is 2.17. The Balaban J connectivity index is 1.76. The zero-order chi connectivity index (χ0) is 15.7. The molecule has 0 amide bonds. The highest BCUT2D eigenvalue weighted by Gasteiger charge is 2.36. The molecule has 1 atom stereocenters. The molecule has 0 aliphatic carbocycles. The van der Waals surface area contributed by atoms with Crippen molar-refractivity contribution in [3.8, 4) is 5.75 Å². The summed E-state index contributed by atoms with van der Waals surface area (Å²) in [5.74, 6) is -0.332. The average Bonchev–Trinajstić information content (AvgIpc) is 2.89. The Morgan fingerprint density at radius 1 is 1.59 bits per heavy atom. The summed E-state index contributed by atoms with van der Waals surface area (Å²) in [4.78, 5) is 11.2. The summed E-state index contributed by atoms with van der Waals surface area (Å²) in [6.45, 7) is 0. The molecule has 0 fully saturated rings. The van der Waals surface area contributed by atoms with Crippen molar-refractivity contribution >= 4 is 24.8 Å². The minimum Gasteiger partial charge on any atom is -0.535 e. The molecule has 1 aromatic heterocycles. The third-order valence-electron chi connectivity index (χ3n) is 3.55. The molecule has 0 bridgehead atoms. The van der Waals surface area contributed by atoms with Gasteiger partial charge in [0, 0.05) is 18.6 Å². The van der Waals surface area contributed by atoms with Crippen LogP contribution in [0, 0.1) is 0 Å². The monoisotopic (exact) mass is 319 g/mol. The second kappa shape index (κ2) is 6.01. The number of fused-ring (bicyclic) bond motifs is 1. The topological polar surface area (TPSA) is 97.5 Å². The maximum Gasteiger partial charge on any atom is 0.527 e. The van der Waals surface area contributed by atoms with E-state index in [4.69, 9.17) is 9.76 Å². The van der Waals surface area contributed by atoms with E-state index in [0.29, 0.717) is 12.2 Å². The molecule has 0 radical (unpaired) electrons. The molecular formula is C13H14BN3O4S. The Labute approximate surface area is 131 Å². The minimum absolute atomic E-state index is 0.0796. The molecule has 1 aromatic carbocycles. The third kappa shape index (κ3) is 2.82. The smallest absolute Gasteiger partial charge is 0.527 e. The SMILES string of the molecule is Cn1cnnc1SC[C@H]1Cc2cccc(C(=O)O)c2OB1O. The Kier molecular flexibility index (Phi) is 4.08. The van der Waals surface area contributed by atoms with Crippen LogP contribution in [0.2, 0.25) is 5.82 Å². The number of thioether (sulfide) groups is 1. The van der Waals surface area contributed by atoms with Crippen LogP contribution in [0.3, 0.4) is 0 Å². The lowest BCUT2D eigenvalue weighted by molar-refractivity contribution is 0.0694. The summed E-state index contributed by atoms with van der Waals surface area (Å²) in [5, 5.41) is 27.9. The highest BCUT2D eigenvalue weighted by atomic mass is 32.2. The van der Waals surface area contributed by atoms with Crippen molar-refractivity contribution in [3.05, 3.63) is 35.7 Å². The molecule has 2 aromatic rings. The first-order valence-corrected chi connectivity index (χ1v) is 7.71. The number of rotatable bonds is 4. The first kappa shape index (κ1) is 14.9. The average molecular weight is 319 g/mol. The fraction of sp³-hybridized carbons (Fsp3) is 0.308. The second-order valence-corrected chi connectivity index (χ2v) is 6.09. The number of nitrogens with zero attached hydrogens (tertiary/aromatic N) is 3. The number of hydrogen-bond donors (Lipinski definition) is 2. The zero-order valence-electron chi connectivity index (χ0n) is 11.8. The second-order valence-electron chi connectivity index (χ2n) is 5.11. The molecule has 1 aliphatic rings. The zero-order valence-corrected chi connectivity index (χ0v) is 12.7. The first-order valence-electron chi connectivity index (χ1n) is 6.73. The van der Waals surface area contributed by atoms with Crippen molar-refractivity contribution in [2.45, 2.75) is 17.4 Å². The van der Waals surface area contributed by atoms with Crippen molar-refractivity contribution in [2.24, 2.45) is 7.05 Å². The lowest BCUT2D eigenvalue weighted by Crippen LogP contribution is -2.36. The van der Waals surface area contributed by atoms with Gasteiger partial charge in [0.2, 0.25) is 0 Å². The number of carboxylic acids is 1.